The Hall–Kier alpha value is -0.440. The summed E-state index contributed by atoms with van der Waals surface area (Å²) in [6, 6.07) is 2.15. The van der Waals surface area contributed by atoms with E-state index in [9.17, 15) is 29.9 Å². The van der Waals surface area contributed by atoms with E-state index in [0.29, 0.717) is 12.1 Å². The number of aromatic carboxylic acids is 2. The van der Waals surface area contributed by atoms with Gasteiger partial charge in [-0.2, -0.15) is 0 Å². The molecule has 0 bridgehead atoms. The van der Waals surface area contributed by atoms with Gasteiger partial charge in [-0.25, -0.2) is 0 Å². The van der Waals surface area contributed by atoms with E-state index < -0.39 is 33.7 Å². The van der Waals surface area contributed by atoms with E-state index in [0.717, 1.165) is 6.07 Å². The number of carbonyl (C=O) groups excluding carboxylic acids is 2. The standard InChI is InChI=1S/C8H5NO6.2Na/c10-7(11)4-1-5(8(12)13)3-6(2-4)9(14)15;;/h1-3H,(H,10,11)(H,12,13);;/q;2*+1/p-2. The first-order chi connectivity index (χ1) is 6.91. The number of carbonyl (C=O) groups is 2. The molecule has 1 aromatic rings. The van der Waals surface area contributed by atoms with Gasteiger partial charge >= 0.3 is 59.1 Å². The molecule has 0 unspecified atom stereocenters. The number of nitro benzene ring substituents is 1. The number of nitro groups is 1. The summed E-state index contributed by atoms with van der Waals surface area (Å²) in [5.41, 5.74) is -1.80. The normalized spacial score (nSPS) is 8.47. The van der Waals surface area contributed by atoms with E-state index in [1.165, 1.54) is 0 Å². The van der Waals surface area contributed by atoms with Crippen molar-refractivity contribution in [2.45, 2.75) is 0 Å². The molecule has 0 saturated carbocycles. The first-order valence-corrected chi connectivity index (χ1v) is 3.64. The summed E-state index contributed by atoms with van der Waals surface area (Å²) >= 11 is 0. The van der Waals surface area contributed by atoms with Gasteiger partial charge in [-0.3, -0.25) is 10.1 Å². The third-order valence-electron chi connectivity index (χ3n) is 1.60. The second kappa shape index (κ2) is 7.80. The van der Waals surface area contributed by atoms with Crippen LogP contribution >= 0.6 is 0 Å². The van der Waals surface area contributed by atoms with E-state index >= 15 is 0 Å². The van der Waals surface area contributed by atoms with Gasteiger partial charge in [-0.05, 0) is 6.07 Å². The summed E-state index contributed by atoms with van der Waals surface area (Å²) in [4.78, 5) is 30.2. The minimum atomic E-state index is -1.69. The van der Waals surface area contributed by atoms with Gasteiger partial charge in [0.2, 0.25) is 0 Å². The van der Waals surface area contributed by atoms with Gasteiger partial charge in [0.25, 0.3) is 5.69 Å². The Kier molecular flexibility index (Phi) is 8.68. The summed E-state index contributed by atoms with van der Waals surface area (Å²) < 4.78 is 0. The number of hydrogen-bond donors (Lipinski definition) is 0. The van der Waals surface area contributed by atoms with Crippen LogP contribution in [0.3, 0.4) is 0 Å². The molecule has 0 spiro atoms. The van der Waals surface area contributed by atoms with Crippen molar-refractivity contribution in [3.05, 3.63) is 39.4 Å². The van der Waals surface area contributed by atoms with E-state index in [4.69, 9.17) is 0 Å². The first-order valence-electron chi connectivity index (χ1n) is 3.64. The van der Waals surface area contributed by atoms with Crippen LogP contribution in [-0.2, 0) is 0 Å². The van der Waals surface area contributed by atoms with Crippen molar-refractivity contribution in [3.63, 3.8) is 0 Å². The molecule has 0 N–H and O–H groups in total. The zero-order valence-electron chi connectivity index (χ0n) is 9.13. The molecule has 78 valence electrons. The minimum Gasteiger partial charge on any atom is -0.545 e. The predicted octanol–water partition coefficient (Wildman–Crippen LogP) is -7.67. The number of carboxylic acid groups (broad SMARTS) is 2. The summed E-state index contributed by atoms with van der Waals surface area (Å²) in [5.74, 6) is -3.39. The third kappa shape index (κ3) is 5.15. The number of rotatable bonds is 3. The molecule has 0 aliphatic carbocycles. The van der Waals surface area contributed by atoms with Crippen LogP contribution < -0.4 is 69.3 Å². The zero-order chi connectivity index (χ0) is 11.6. The Morgan fingerprint density at radius 1 is 0.941 bits per heavy atom. The first kappa shape index (κ1) is 18.9. The topological polar surface area (TPSA) is 123 Å². The predicted molar refractivity (Wildman–Crippen MR) is 41.8 cm³/mol. The van der Waals surface area contributed by atoms with Crippen molar-refractivity contribution >= 4 is 17.6 Å². The zero-order valence-corrected chi connectivity index (χ0v) is 13.1. The molecule has 17 heavy (non-hydrogen) atoms. The Morgan fingerprint density at radius 3 is 1.53 bits per heavy atom. The number of carboxylic acids is 2. The molecule has 0 heterocycles. The molecule has 0 fully saturated rings. The molecule has 9 heteroatoms. The van der Waals surface area contributed by atoms with Gasteiger partial charge in [0.1, 0.15) is 0 Å². The Bertz CT molecular complexity index is 382. The van der Waals surface area contributed by atoms with Crippen molar-refractivity contribution in [1.29, 1.82) is 0 Å². The second-order valence-corrected chi connectivity index (χ2v) is 2.60. The Labute approximate surface area is 140 Å². The fourth-order valence-electron chi connectivity index (χ4n) is 0.952. The maximum atomic E-state index is 10.4. The average molecular weight is 255 g/mol. The van der Waals surface area contributed by atoms with E-state index in [1.807, 2.05) is 0 Å². The van der Waals surface area contributed by atoms with Crippen molar-refractivity contribution in [2.75, 3.05) is 0 Å². The molecule has 1 rings (SSSR count). The molecule has 0 aromatic heterocycles. The Morgan fingerprint density at radius 2 is 1.29 bits per heavy atom. The third-order valence-corrected chi connectivity index (χ3v) is 1.60. The summed E-state index contributed by atoms with van der Waals surface area (Å²) in [7, 11) is 0. The molecule has 1 aromatic carbocycles. The van der Waals surface area contributed by atoms with Gasteiger partial charge in [-0.1, -0.05) is 0 Å². The van der Waals surface area contributed by atoms with Crippen LogP contribution in [-0.4, -0.2) is 16.9 Å². The number of benzene rings is 1. The van der Waals surface area contributed by atoms with Crippen LogP contribution in [0.15, 0.2) is 18.2 Å². The monoisotopic (exact) mass is 255 g/mol. The summed E-state index contributed by atoms with van der Waals surface area (Å²) in [6.07, 6.45) is 0. The molecule has 7 nitrogen and oxygen atoms in total. The van der Waals surface area contributed by atoms with Crippen LogP contribution in [0.4, 0.5) is 5.69 Å². The van der Waals surface area contributed by atoms with Crippen LogP contribution in [0.25, 0.3) is 0 Å². The van der Waals surface area contributed by atoms with Crippen LogP contribution in [0.1, 0.15) is 20.7 Å². The quantitative estimate of drug-likeness (QED) is 0.300. The SMILES string of the molecule is O=C([O-])c1cc(C(=O)[O-])cc([N+](=O)[O-])c1.[Na+].[Na+]. The van der Waals surface area contributed by atoms with Crippen LogP contribution in [0, 0.1) is 10.1 Å². The average Bonchev–Trinajstić information content (AvgIpc) is 2.16. The van der Waals surface area contributed by atoms with Gasteiger partial charge in [-0.15, -0.1) is 0 Å². The molecule has 0 amide bonds. The number of hydrogen-bond acceptors (Lipinski definition) is 6. The molecule has 0 aliphatic heterocycles. The molecule has 0 atom stereocenters. The van der Waals surface area contributed by atoms with Crippen molar-refractivity contribution in [3.8, 4) is 0 Å². The van der Waals surface area contributed by atoms with Gasteiger partial charge in [0.15, 0.2) is 0 Å². The molecular weight excluding hydrogens is 252 g/mol. The molecule has 0 saturated heterocycles. The van der Waals surface area contributed by atoms with E-state index in [1.54, 1.807) is 0 Å². The molecule has 0 aliphatic rings. The van der Waals surface area contributed by atoms with Crippen molar-refractivity contribution in [2.24, 2.45) is 0 Å². The van der Waals surface area contributed by atoms with Crippen molar-refractivity contribution < 1.29 is 83.8 Å². The van der Waals surface area contributed by atoms with Gasteiger partial charge in [0.05, 0.1) is 16.9 Å². The van der Waals surface area contributed by atoms with Gasteiger partial charge in [0, 0.05) is 23.3 Å². The summed E-state index contributed by atoms with van der Waals surface area (Å²) in [5, 5.41) is 31.1. The second-order valence-electron chi connectivity index (χ2n) is 2.60. The van der Waals surface area contributed by atoms with Crippen molar-refractivity contribution in [1.82, 2.24) is 0 Å². The Balaban J connectivity index is 0. The largest absolute Gasteiger partial charge is 1.00 e. The molecule has 0 radical (unpaired) electrons. The smallest absolute Gasteiger partial charge is 0.545 e. The molecular formula is C8H3NNa2O6. The van der Waals surface area contributed by atoms with Crippen LogP contribution in [0.2, 0.25) is 0 Å². The van der Waals surface area contributed by atoms with Gasteiger partial charge < -0.3 is 19.8 Å². The fraction of sp³-hybridized carbons (Fsp3) is 0. The van der Waals surface area contributed by atoms with E-state index in [-0.39, 0.29) is 59.1 Å². The number of nitrogens with zero attached hydrogens (tertiary/aromatic N) is 1. The van der Waals surface area contributed by atoms with E-state index in [2.05, 4.69) is 0 Å². The summed E-state index contributed by atoms with van der Waals surface area (Å²) in [6.45, 7) is 0. The van der Waals surface area contributed by atoms with Crippen LogP contribution in [0.5, 0.6) is 0 Å². The fourth-order valence-corrected chi connectivity index (χ4v) is 0.952. The maximum absolute atomic E-state index is 10.4. The number of non-ortho nitro benzene ring substituents is 1. The maximum Gasteiger partial charge on any atom is 1.00 e. The minimum absolute atomic E-state index is 0.